The van der Waals surface area contributed by atoms with Crippen molar-refractivity contribution >= 4 is 0 Å². The van der Waals surface area contributed by atoms with Crippen LogP contribution in [0, 0.1) is 5.92 Å². The largest absolute Gasteiger partial charge is 0.314 e. The molecule has 0 aliphatic heterocycles. The maximum Gasteiger partial charge on any atom is 0.00388 e. The molecule has 0 aromatic rings. The summed E-state index contributed by atoms with van der Waals surface area (Å²) in [6, 6.07) is 0.665. The van der Waals surface area contributed by atoms with Gasteiger partial charge in [0.25, 0.3) is 0 Å². The smallest absolute Gasteiger partial charge is 0.00388 e. The van der Waals surface area contributed by atoms with Crippen LogP contribution in [0.25, 0.3) is 0 Å². The molecule has 0 heterocycles. The first-order valence-electron chi connectivity index (χ1n) is 5.51. The van der Waals surface area contributed by atoms with Gasteiger partial charge in [0.2, 0.25) is 0 Å². The molecule has 0 aromatic carbocycles. The van der Waals surface area contributed by atoms with E-state index in [1.807, 2.05) is 6.08 Å². The number of rotatable bonds is 8. The predicted octanol–water partition coefficient (Wildman–Crippen LogP) is 3.37. The zero-order chi connectivity index (χ0) is 10.1. The van der Waals surface area contributed by atoms with E-state index in [1.54, 1.807) is 0 Å². The molecule has 1 heteroatoms. The van der Waals surface area contributed by atoms with Gasteiger partial charge in [-0.3, -0.25) is 0 Å². The Kier molecular flexibility index (Phi) is 8.11. The third-order valence-electron chi connectivity index (χ3n) is 2.26. The molecule has 0 spiro atoms. The topological polar surface area (TPSA) is 12.0 Å². The normalized spacial score (nSPS) is 13.2. The second-order valence-corrected chi connectivity index (χ2v) is 4.26. The molecule has 13 heavy (non-hydrogen) atoms. The zero-order valence-electron chi connectivity index (χ0n) is 9.47. The molecule has 0 amide bonds. The Bertz CT molecular complexity index is 118. The molecule has 0 rings (SSSR count). The van der Waals surface area contributed by atoms with Gasteiger partial charge >= 0.3 is 0 Å². The summed E-state index contributed by atoms with van der Waals surface area (Å²) in [4.78, 5) is 0. The minimum atomic E-state index is 0.665. The Labute approximate surface area is 83.6 Å². The summed E-state index contributed by atoms with van der Waals surface area (Å²) in [6.45, 7) is 11.6. The Hall–Kier alpha value is -0.300. The van der Waals surface area contributed by atoms with Crippen LogP contribution in [0.2, 0.25) is 0 Å². The Morgan fingerprint density at radius 2 is 1.92 bits per heavy atom. The molecule has 0 fully saturated rings. The van der Waals surface area contributed by atoms with Crippen LogP contribution >= 0.6 is 0 Å². The van der Waals surface area contributed by atoms with Crippen molar-refractivity contribution in [1.29, 1.82) is 0 Å². The van der Waals surface area contributed by atoms with Crippen LogP contribution in [-0.2, 0) is 0 Å². The first-order valence-corrected chi connectivity index (χ1v) is 5.51. The summed E-state index contributed by atoms with van der Waals surface area (Å²) >= 11 is 0. The van der Waals surface area contributed by atoms with Gasteiger partial charge in [-0.15, -0.1) is 6.58 Å². The van der Waals surface area contributed by atoms with Crippen molar-refractivity contribution in [3.05, 3.63) is 12.7 Å². The average molecular weight is 183 g/mol. The molecule has 0 aliphatic rings. The highest BCUT2D eigenvalue weighted by atomic mass is 14.9. The molecule has 78 valence electrons. The molecule has 0 saturated carbocycles. The van der Waals surface area contributed by atoms with Gasteiger partial charge in [-0.2, -0.15) is 0 Å². The van der Waals surface area contributed by atoms with E-state index < -0.39 is 0 Å². The lowest BCUT2D eigenvalue weighted by Gasteiger charge is -2.13. The van der Waals surface area contributed by atoms with Gasteiger partial charge in [0, 0.05) is 6.04 Å². The molecular weight excluding hydrogens is 158 g/mol. The van der Waals surface area contributed by atoms with Crippen molar-refractivity contribution in [2.45, 2.75) is 52.5 Å². The summed E-state index contributed by atoms with van der Waals surface area (Å²) in [5, 5.41) is 3.49. The molecule has 1 nitrogen and oxygen atoms in total. The van der Waals surface area contributed by atoms with Crippen LogP contribution < -0.4 is 5.32 Å². The van der Waals surface area contributed by atoms with E-state index in [0.29, 0.717) is 6.04 Å². The predicted molar refractivity (Wildman–Crippen MR) is 61.0 cm³/mol. The third kappa shape index (κ3) is 9.62. The van der Waals surface area contributed by atoms with Gasteiger partial charge in [0.1, 0.15) is 0 Å². The van der Waals surface area contributed by atoms with Gasteiger partial charge in [-0.25, -0.2) is 0 Å². The standard InChI is InChI=1S/C12H25N/c1-5-6-10-13-12(4)9-7-8-11(2)3/h5,11-13H,1,6-10H2,2-4H3. The van der Waals surface area contributed by atoms with Crippen LogP contribution in [0.3, 0.4) is 0 Å². The summed E-state index contributed by atoms with van der Waals surface area (Å²) in [6.07, 6.45) is 7.05. The molecule has 0 bridgehead atoms. The van der Waals surface area contributed by atoms with Crippen LogP contribution in [0.5, 0.6) is 0 Å². The molecule has 1 unspecified atom stereocenters. The summed E-state index contributed by atoms with van der Waals surface area (Å²) in [5.41, 5.74) is 0. The van der Waals surface area contributed by atoms with Crippen molar-refractivity contribution in [3.8, 4) is 0 Å². The lowest BCUT2D eigenvalue weighted by molar-refractivity contribution is 0.461. The second-order valence-electron chi connectivity index (χ2n) is 4.26. The van der Waals surface area contributed by atoms with Gasteiger partial charge in [-0.05, 0) is 32.2 Å². The van der Waals surface area contributed by atoms with Crippen LogP contribution in [0.1, 0.15) is 46.5 Å². The lowest BCUT2D eigenvalue weighted by atomic mass is 10.0. The maximum atomic E-state index is 3.70. The number of nitrogens with one attached hydrogen (secondary N) is 1. The summed E-state index contributed by atoms with van der Waals surface area (Å²) in [7, 11) is 0. The maximum absolute atomic E-state index is 3.70. The van der Waals surface area contributed by atoms with Gasteiger partial charge in [0.15, 0.2) is 0 Å². The first kappa shape index (κ1) is 12.7. The quantitative estimate of drug-likeness (QED) is 0.449. The second kappa shape index (κ2) is 8.31. The van der Waals surface area contributed by atoms with E-state index in [9.17, 15) is 0 Å². The minimum Gasteiger partial charge on any atom is -0.314 e. The van der Waals surface area contributed by atoms with Crippen molar-refractivity contribution in [2.75, 3.05) is 6.54 Å². The highest BCUT2D eigenvalue weighted by Gasteiger charge is 2.00. The van der Waals surface area contributed by atoms with Crippen LogP contribution in [-0.4, -0.2) is 12.6 Å². The van der Waals surface area contributed by atoms with Crippen LogP contribution in [0.4, 0.5) is 0 Å². The van der Waals surface area contributed by atoms with Gasteiger partial charge < -0.3 is 5.32 Å². The monoisotopic (exact) mass is 183 g/mol. The van der Waals surface area contributed by atoms with E-state index in [4.69, 9.17) is 0 Å². The highest BCUT2D eigenvalue weighted by molar-refractivity contribution is 4.69. The van der Waals surface area contributed by atoms with E-state index in [1.165, 1.54) is 19.3 Å². The molecule has 0 aromatic heterocycles. The average Bonchev–Trinajstić information content (AvgIpc) is 2.04. The van der Waals surface area contributed by atoms with Crippen LogP contribution in [0.15, 0.2) is 12.7 Å². The lowest BCUT2D eigenvalue weighted by Crippen LogP contribution is -2.26. The molecular formula is C12H25N. The number of hydrogen-bond acceptors (Lipinski definition) is 1. The third-order valence-corrected chi connectivity index (χ3v) is 2.26. The Balaban J connectivity index is 3.19. The van der Waals surface area contributed by atoms with Gasteiger partial charge in [-0.1, -0.05) is 32.8 Å². The van der Waals surface area contributed by atoms with E-state index >= 15 is 0 Å². The Morgan fingerprint density at radius 3 is 2.46 bits per heavy atom. The number of hydrogen-bond donors (Lipinski definition) is 1. The summed E-state index contributed by atoms with van der Waals surface area (Å²) < 4.78 is 0. The molecule has 0 radical (unpaired) electrons. The van der Waals surface area contributed by atoms with Crippen molar-refractivity contribution in [3.63, 3.8) is 0 Å². The first-order chi connectivity index (χ1) is 6.16. The van der Waals surface area contributed by atoms with E-state index in [0.717, 1.165) is 18.9 Å². The summed E-state index contributed by atoms with van der Waals surface area (Å²) in [5.74, 6) is 0.848. The molecule has 0 aliphatic carbocycles. The van der Waals surface area contributed by atoms with Gasteiger partial charge in [0.05, 0.1) is 0 Å². The molecule has 1 N–H and O–H groups in total. The highest BCUT2D eigenvalue weighted by Crippen LogP contribution is 2.07. The minimum absolute atomic E-state index is 0.665. The van der Waals surface area contributed by atoms with Crippen molar-refractivity contribution in [1.82, 2.24) is 5.32 Å². The Morgan fingerprint density at radius 1 is 1.23 bits per heavy atom. The fourth-order valence-corrected chi connectivity index (χ4v) is 1.37. The van der Waals surface area contributed by atoms with E-state index in [-0.39, 0.29) is 0 Å². The van der Waals surface area contributed by atoms with Crippen molar-refractivity contribution < 1.29 is 0 Å². The van der Waals surface area contributed by atoms with Crippen molar-refractivity contribution in [2.24, 2.45) is 5.92 Å². The SMILES string of the molecule is C=CCCNC(C)CCCC(C)C. The van der Waals surface area contributed by atoms with E-state index in [2.05, 4.69) is 32.7 Å². The fourth-order valence-electron chi connectivity index (χ4n) is 1.37. The molecule has 1 atom stereocenters. The fraction of sp³-hybridized carbons (Fsp3) is 0.833. The molecule has 0 saturated heterocycles. The zero-order valence-corrected chi connectivity index (χ0v) is 9.47.